The zero-order chi connectivity index (χ0) is 12.8. The molecule has 2 aliphatic rings. The first-order valence-electron chi connectivity index (χ1n) is 7.46. The molecule has 4 heteroatoms. The van der Waals surface area contributed by atoms with E-state index in [1.165, 1.54) is 32.4 Å². The van der Waals surface area contributed by atoms with Crippen molar-refractivity contribution in [3.63, 3.8) is 0 Å². The minimum absolute atomic E-state index is 0.495. The lowest BCUT2D eigenvalue weighted by atomic mass is 10.0. The van der Waals surface area contributed by atoms with Crippen LogP contribution in [0.2, 0.25) is 0 Å². The first-order valence-corrected chi connectivity index (χ1v) is 7.46. The molecule has 1 N–H and O–H groups in total. The van der Waals surface area contributed by atoms with E-state index < -0.39 is 0 Å². The van der Waals surface area contributed by atoms with Crippen LogP contribution in [0.4, 0.5) is 0 Å². The topological polar surface area (TPSA) is 33.7 Å². The summed E-state index contributed by atoms with van der Waals surface area (Å²) < 4.78 is 11.2. The van der Waals surface area contributed by atoms with Crippen molar-refractivity contribution in [1.82, 2.24) is 10.2 Å². The van der Waals surface area contributed by atoms with Gasteiger partial charge in [0, 0.05) is 38.3 Å². The van der Waals surface area contributed by atoms with Crippen LogP contribution in [0.5, 0.6) is 0 Å². The number of hydrogen-bond donors (Lipinski definition) is 1. The molecule has 2 saturated heterocycles. The third-order valence-electron chi connectivity index (χ3n) is 4.13. The number of nitrogens with one attached hydrogen (secondary N) is 1. The van der Waals surface area contributed by atoms with Crippen LogP contribution < -0.4 is 5.32 Å². The van der Waals surface area contributed by atoms with E-state index in [1.54, 1.807) is 0 Å². The average Bonchev–Trinajstić information content (AvgIpc) is 2.41. The number of nitrogens with zero attached hydrogens (tertiary/aromatic N) is 1. The van der Waals surface area contributed by atoms with E-state index in [1.807, 2.05) is 0 Å². The zero-order valence-electron chi connectivity index (χ0n) is 11.9. The summed E-state index contributed by atoms with van der Waals surface area (Å²) in [4.78, 5) is 2.60. The van der Waals surface area contributed by atoms with Crippen LogP contribution in [0.25, 0.3) is 0 Å². The summed E-state index contributed by atoms with van der Waals surface area (Å²) in [5.74, 6) is 0. The summed E-state index contributed by atoms with van der Waals surface area (Å²) in [7, 11) is 0. The van der Waals surface area contributed by atoms with E-state index in [9.17, 15) is 0 Å². The van der Waals surface area contributed by atoms with Crippen molar-refractivity contribution in [2.75, 3.05) is 39.5 Å². The fraction of sp³-hybridized carbons (Fsp3) is 1.00. The van der Waals surface area contributed by atoms with Gasteiger partial charge in [-0.1, -0.05) is 0 Å². The molecule has 0 amide bonds. The molecule has 2 fully saturated rings. The van der Waals surface area contributed by atoms with Gasteiger partial charge in [-0.25, -0.2) is 0 Å². The molecule has 106 valence electrons. The lowest BCUT2D eigenvalue weighted by molar-refractivity contribution is 0.000353. The maximum absolute atomic E-state index is 5.70. The van der Waals surface area contributed by atoms with E-state index in [0.717, 1.165) is 26.4 Å². The Bertz CT molecular complexity index is 224. The molecule has 0 bridgehead atoms. The van der Waals surface area contributed by atoms with Crippen molar-refractivity contribution in [2.45, 2.75) is 51.3 Å². The van der Waals surface area contributed by atoms with Crippen molar-refractivity contribution in [1.29, 1.82) is 0 Å². The predicted molar refractivity (Wildman–Crippen MR) is 72.9 cm³/mol. The van der Waals surface area contributed by atoms with Crippen LogP contribution >= 0.6 is 0 Å². The van der Waals surface area contributed by atoms with Gasteiger partial charge in [0.05, 0.1) is 19.3 Å². The van der Waals surface area contributed by atoms with Crippen molar-refractivity contribution in [2.24, 2.45) is 0 Å². The second-order valence-electron chi connectivity index (χ2n) is 5.50. The van der Waals surface area contributed by atoms with E-state index >= 15 is 0 Å². The average molecular weight is 256 g/mol. The molecule has 2 atom stereocenters. The summed E-state index contributed by atoms with van der Waals surface area (Å²) in [5.41, 5.74) is 0. The third-order valence-corrected chi connectivity index (χ3v) is 4.13. The van der Waals surface area contributed by atoms with Crippen LogP contribution in [-0.4, -0.2) is 62.5 Å². The largest absolute Gasteiger partial charge is 0.379 e. The first-order chi connectivity index (χ1) is 8.79. The van der Waals surface area contributed by atoms with Gasteiger partial charge >= 0.3 is 0 Å². The zero-order valence-corrected chi connectivity index (χ0v) is 11.9. The lowest BCUT2D eigenvalue weighted by Gasteiger charge is -2.37. The highest BCUT2D eigenvalue weighted by molar-refractivity contribution is 4.81. The van der Waals surface area contributed by atoms with Gasteiger partial charge in [0.2, 0.25) is 0 Å². The Labute approximate surface area is 111 Å². The van der Waals surface area contributed by atoms with E-state index in [4.69, 9.17) is 9.47 Å². The standard InChI is InChI=1S/C14H28N2O2/c1-3-18-14-4-7-16(8-5-14)12(2)10-13-11-17-9-6-15-13/h12-15H,3-11H2,1-2H3. The number of morpholine rings is 1. The number of likely N-dealkylation sites (tertiary alicyclic amines) is 1. The number of hydrogen-bond acceptors (Lipinski definition) is 4. The Kier molecular flexibility index (Phi) is 5.89. The first kappa shape index (κ1) is 14.3. The van der Waals surface area contributed by atoms with Gasteiger partial charge in [0.1, 0.15) is 0 Å². The minimum Gasteiger partial charge on any atom is -0.379 e. The Balaban J connectivity index is 1.68. The molecule has 2 aliphatic heterocycles. The lowest BCUT2D eigenvalue weighted by Crippen LogP contribution is -2.48. The highest BCUT2D eigenvalue weighted by Gasteiger charge is 2.25. The summed E-state index contributed by atoms with van der Waals surface area (Å²) in [6, 6.07) is 1.19. The summed E-state index contributed by atoms with van der Waals surface area (Å²) in [6.07, 6.45) is 4.06. The van der Waals surface area contributed by atoms with Gasteiger partial charge in [-0.05, 0) is 33.1 Å². The van der Waals surface area contributed by atoms with Crippen molar-refractivity contribution >= 4 is 0 Å². The van der Waals surface area contributed by atoms with Gasteiger partial charge in [0.25, 0.3) is 0 Å². The SMILES string of the molecule is CCOC1CCN(C(C)CC2COCCN2)CC1. The van der Waals surface area contributed by atoms with Crippen molar-refractivity contribution < 1.29 is 9.47 Å². The van der Waals surface area contributed by atoms with E-state index in [-0.39, 0.29) is 0 Å². The van der Waals surface area contributed by atoms with Crippen LogP contribution in [0.15, 0.2) is 0 Å². The van der Waals surface area contributed by atoms with Crippen LogP contribution in [0, 0.1) is 0 Å². The number of rotatable bonds is 5. The molecule has 2 unspecified atom stereocenters. The maximum atomic E-state index is 5.70. The molecule has 0 aromatic rings. The van der Waals surface area contributed by atoms with Crippen LogP contribution in [0.1, 0.15) is 33.1 Å². The molecule has 0 aromatic carbocycles. The molecule has 0 radical (unpaired) electrons. The fourth-order valence-corrected chi connectivity index (χ4v) is 3.05. The highest BCUT2D eigenvalue weighted by atomic mass is 16.5. The Morgan fingerprint density at radius 3 is 2.78 bits per heavy atom. The second-order valence-corrected chi connectivity index (χ2v) is 5.50. The van der Waals surface area contributed by atoms with Crippen molar-refractivity contribution in [3.05, 3.63) is 0 Å². The quantitative estimate of drug-likeness (QED) is 0.803. The Hall–Kier alpha value is -0.160. The Morgan fingerprint density at radius 1 is 1.39 bits per heavy atom. The number of ether oxygens (including phenoxy) is 2. The van der Waals surface area contributed by atoms with Gasteiger partial charge in [-0.15, -0.1) is 0 Å². The van der Waals surface area contributed by atoms with Gasteiger partial charge in [-0.3, -0.25) is 0 Å². The van der Waals surface area contributed by atoms with E-state index in [2.05, 4.69) is 24.1 Å². The molecule has 0 aliphatic carbocycles. The van der Waals surface area contributed by atoms with E-state index in [0.29, 0.717) is 18.2 Å². The van der Waals surface area contributed by atoms with Crippen molar-refractivity contribution in [3.8, 4) is 0 Å². The van der Waals surface area contributed by atoms with Gasteiger partial charge in [-0.2, -0.15) is 0 Å². The highest BCUT2D eigenvalue weighted by Crippen LogP contribution is 2.18. The van der Waals surface area contributed by atoms with Gasteiger partial charge < -0.3 is 19.7 Å². The van der Waals surface area contributed by atoms with Crippen LogP contribution in [-0.2, 0) is 9.47 Å². The smallest absolute Gasteiger partial charge is 0.0620 e. The fourth-order valence-electron chi connectivity index (χ4n) is 3.05. The molecule has 2 heterocycles. The predicted octanol–water partition coefficient (Wildman–Crippen LogP) is 1.25. The van der Waals surface area contributed by atoms with Gasteiger partial charge in [0.15, 0.2) is 0 Å². The molecule has 0 spiro atoms. The molecule has 2 rings (SSSR count). The molecular weight excluding hydrogens is 228 g/mol. The minimum atomic E-state index is 0.495. The molecule has 0 saturated carbocycles. The third kappa shape index (κ3) is 4.19. The second kappa shape index (κ2) is 7.43. The monoisotopic (exact) mass is 256 g/mol. The summed E-state index contributed by atoms with van der Waals surface area (Å²) in [6.45, 7) is 10.4. The normalized spacial score (nSPS) is 29.3. The molecule has 18 heavy (non-hydrogen) atoms. The molecular formula is C14H28N2O2. The summed E-state index contributed by atoms with van der Waals surface area (Å²) >= 11 is 0. The summed E-state index contributed by atoms with van der Waals surface area (Å²) in [5, 5.41) is 3.54. The molecule has 0 aromatic heterocycles. The molecule has 4 nitrogen and oxygen atoms in total. The Morgan fingerprint density at radius 2 is 2.17 bits per heavy atom. The van der Waals surface area contributed by atoms with Crippen LogP contribution in [0.3, 0.4) is 0 Å². The maximum Gasteiger partial charge on any atom is 0.0620 e. The number of piperidine rings is 1.